The molecule has 0 spiro atoms. The Morgan fingerprint density at radius 3 is 2.67 bits per heavy atom. The van der Waals surface area contributed by atoms with Crippen LogP contribution in [0, 0.1) is 0 Å². The van der Waals surface area contributed by atoms with Gasteiger partial charge in [0.1, 0.15) is 23.2 Å². The molecule has 3 rings (SSSR count). The highest BCUT2D eigenvalue weighted by Crippen LogP contribution is 2.40. The van der Waals surface area contributed by atoms with E-state index < -0.39 is 35.2 Å². The molecule has 1 fully saturated rings. The van der Waals surface area contributed by atoms with Crippen molar-refractivity contribution in [1.82, 2.24) is 10.2 Å². The van der Waals surface area contributed by atoms with Crippen molar-refractivity contribution in [3.8, 4) is 0 Å². The van der Waals surface area contributed by atoms with Crippen LogP contribution in [0.15, 0.2) is 41.6 Å². The minimum Gasteiger partial charge on any atom is -0.477 e. The highest BCUT2D eigenvalue weighted by molar-refractivity contribution is 8.00. The predicted octanol–water partition coefficient (Wildman–Crippen LogP) is 0.445. The average Bonchev–Trinajstić information content (AvgIpc) is 2.59. The zero-order valence-electron chi connectivity index (χ0n) is 12.9. The van der Waals surface area contributed by atoms with E-state index >= 15 is 0 Å². The first-order valence-electron chi connectivity index (χ1n) is 7.40. The number of carbonyl (C=O) groups is 3. The van der Waals surface area contributed by atoms with Crippen LogP contribution in [0.4, 0.5) is 0 Å². The molecule has 2 heterocycles. The number of hydrogen-bond acceptors (Lipinski definition) is 5. The summed E-state index contributed by atoms with van der Waals surface area (Å²) in [5.41, 5.74) is 7.24. The molecule has 4 N–H and O–H groups in total. The smallest absolute Gasteiger partial charge is 0.352 e. The lowest BCUT2D eigenvalue weighted by Gasteiger charge is -2.49. The number of thioether (sulfide) groups is 1. The van der Waals surface area contributed by atoms with E-state index in [-0.39, 0.29) is 5.70 Å². The first-order valence-corrected chi connectivity index (χ1v) is 8.45. The molecule has 1 aromatic carbocycles. The third-order valence-electron chi connectivity index (χ3n) is 4.10. The number of carboxylic acids is 1. The van der Waals surface area contributed by atoms with E-state index in [9.17, 15) is 19.5 Å². The highest BCUT2D eigenvalue weighted by atomic mass is 32.2. The maximum atomic E-state index is 12.3. The molecule has 7 nitrogen and oxygen atoms in total. The van der Waals surface area contributed by atoms with Gasteiger partial charge in [0, 0.05) is 5.75 Å². The summed E-state index contributed by atoms with van der Waals surface area (Å²) >= 11 is 1.43. The quantitative estimate of drug-likeness (QED) is 0.682. The number of nitrogens with two attached hydrogens (primary N) is 1. The Bertz CT molecular complexity index is 734. The number of β-lactam (4-membered cyclic amide) rings is 1. The molecule has 2 amide bonds. The second kappa shape index (κ2) is 6.29. The van der Waals surface area contributed by atoms with E-state index in [2.05, 4.69) is 5.32 Å². The lowest BCUT2D eigenvalue weighted by Crippen LogP contribution is -2.71. The summed E-state index contributed by atoms with van der Waals surface area (Å²) < 4.78 is 0. The molecule has 126 valence electrons. The van der Waals surface area contributed by atoms with Crippen molar-refractivity contribution in [3.05, 3.63) is 47.2 Å². The third kappa shape index (κ3) is 2.67. The van der Waals surface area contributed by atoms with Gasteiger partial charge in [-0.2, -0.15) is 0 Å². The number of benzene rings is 1. The molecule has 0 aromatic heterocycles. The SMILES string of the molecule is CC1=C(C(=O)O)N2C(=O)[C@H](NC(=O)C(N)c3ccccc3)[C@@H]2SC1. The van der Waals surface area contributed by atoms with E-state index in [1.54, 1.807) is 31.2 Å². The summed E-state index contributed by atoms with van der Waals surface area (Å²) in [4.78, 5) is 37.2. The molecule has 0 radical (unpaired) electrons. The molecule has 0 aliphatic carbocycles. The molecule has 8 heteroatoms. The number of fused-ring (bicyclic) bond motifs is 1. The van der Waals surface area contributed by atoms with Crippen molar-refractivity contribution >= 4 is 29.5 Å². The molecular weight excluding hydrogens is 330 g/mol. The Kier molecular flexibility index (Phi) is 4.33. The zero-order chi connectivity index (χ0) is 17.4. The van der Waals surface area contributed by atoms with E-state index in [4.69, 9.17) is 5.73 Å². The average molecular weight is 347 g/mol. The minimum absolute atomic E-state index is 0.0154. The summed E-state index contributed by atoms with van der Waals surface area (Å²) in [6.07, 6.45) is 0. The fraction of sp³-hybridized carbons (Fsp3) is 0.312. The van der Waals surface area contributed by atoms with Gasteiger partial charge in [0.25, 0.3) is 5.91 Å². The largest absolute Gasteiger partial charge is 0.477 e. The first-order chi connectivity index (χ1) is 11.4. The zero-order valence-corrected chi connectivity index (χ0v) is 13.7. The first kappa shape index (κ1) is 16.5. The molecule has 0 bridgehead atoms. The molecule has 2 aliphatic heterocycles. The van der Waals surface area contributed by atoms with Crippen molar-refractivity contribution in [1.29, 1.82) is 0 Å². The van der Waals surface area contributed by atoms with Crippen LogP contribution in [0.2, 0.25) is 0 Å². The van der Waals surface area contributed by atoms with E-state index in [0.29, 0.717) is 16.9 Å². The Morgan fingerprint density at radius 1 is 1.38 bits per heavy atom. The lowest BCUT2D eigenvalue weighted by molar-refractivity contribution is -0.150. The Labute approximate surface area is 142 Å². The van der Waals surface area contributed by atoms with Gasteiger partial charge < -0.3 is 16.2 Å². The van der Waals surface area contributed by atoms with Gasteiger partial charge in [-0.05, 0) is 18.1 Å². The van der Waals surface area contributed by atoms with Crippen LogP contribution in [-0.2, 0) is 14.4 Å². The van der Waals surface area contributed by atoms with Crippen molar-refractivity contribution in [2.24, 2.45) is 5.73 Å². The van der Waals surface area contributed by atoms with Gasteiger partial charge >= 0.3 is 5.97 Å². The molecular formula is C16H17N3O4S. The maximum Gasteiger partial charge on any atom is 0.352 e. The maximum absolute atomic E-state index is 12.3. The molecule has 1 saturated heterocycles. The number of nitrogens with one attached hydrogen (secondary N) is 1. The number of carbonyl (C=O) groups excluding carboxylic acids is 2. The third-order valence-corrected chi connectivity index (χ3v) is 5.52. The van der Waals surface area contributed by atoms with Crippen LogP contribution in [0.5, 0.6) is 0 Å². The molecule has 0 saturated carbocycles. The van der Waals surface area contributed by atoms with Crippen LogP contribution in [0.1, 0.15) is 18.5 Å². The van der Waals surface area contributed by atoms with Crippen molar-refractivity contribution in [2.45, 2.75) is 24.4 Å². The normalized spacial score (nSPS) is 24.1. The van der Waals surface area contributed by atoms with Gasteiger partial charge in [-0.1, -0.05) is 30.3 Å². The second-order valence-corrected chi connectivity index (χ2v) is 6.82. The Balaban J connectivity index is 1.71. The van der Waals surface area contributed by atoms with Gasteiger partial charge in [-0.3, -0.25) is 14.5 Å². The predicted molar refractivity (Wildman–Crippen MR) is 88.7 cm³/mol. The molecule has 3 atom stereocenters. The van der Waals surface area contributed by atoms with Crippen molar-refractivity contribution in [2.75, 3.05) is 5.75 Å². The topological polar surface area (TPSA) is 113 Å². The molecule has 1 aromatic rings. The van der Waals surface area contributed by atoms with E-state index in [1.807, 2.05) is 6.07 Å². The van der Waals surface area contributed by atoms with Gasteiger partial charge in [-0.15, -0.1) is 11.8 Å². The van der Waals surface area contributed by atoms with E-state index in [1.165, 1.54) is 16.7 Å². The summed E-state index contributed by atoms with van der Waals surface area (Å²) in [6, 6.07) is 7.23. The number of rotatable bonds is 4. The number of hydrogen-bond donors (Lipinski definition) is 3. The summed E-state index contributed by atoms with van der Waals surface area (Å²) in [5, 5.41) is 11.5. The lowest BCUT2D eigenvalue weighted by atomic mass is 10.0. The fourth-order valence-electron chi connectivity index (χ4n) is 2.83. The van der Waals surface area contributed by atoms with Crippen LogP contribution >= 0.6 is 11.8 Å². The summed E-state index contributed by atoms with van der Waals surface area (Å²) in [7, 11) is 0. The number of nitrogens with zero attached hydrogens (tertiary/aromatic N) is 1. The van der Waals surface area contributed by atoms with Gasteiger partial charge in [-0.25, -0.2) is 4.79 Å². The molecule has 2 aliphatic rings. The van der Waals surface area contributed by atoms with Gasteiger partial charge in [0.2, 0.25) is 5.91 Å². The Morgan fingerprint density at radius 2 is 2.04 bits per heavy atom. The van der Waals surface area contributed by atoms with Crippen LogP contribution < -0.4 is 11.1 Å². The second-order valence-electron chi connectivity index (χ2n) is 5.72. The Hall–Kier alpha value is -2.32. The van der Waals surface area contributed by atoms with E-state index in [0.717, 1.165) is 0 Å². The minimum atomic E-state index is -1.13. The molecule has 24 heavy (non-hydrogen) atoms. The number of amides is 2. The van der Waals surface area contributed by atoms with Gasteiger partial charge in [0.15, 0.2) is 0 Å². The van der Waals surface area contributed by atoms with Crippen LogP contribution in [0.25, 0.3) is 0 Å². The van der Waals surface area contributed by atoms with Gasteiger partial charge in [0.05, 0.1) is 0 Å². The van der Waals surface area contributed by atoms with Crippen LogP contribution in [0.3, 0.4) is 0 Å². The number of aliphatic carboxylic acids is 1. The summed E-state index contributed by atoms with van der Waals surface area (Å²) in [5.74, 6) is -1.50. The number of carboxylic acid groups (broad SMARTS) is 1. The van der Waals surface area contributed by atoms with Crippen LogP contribution in [-0.4, -0.2) is 45.0 Å². The molecule has 1 unspecified atom stereocenters. The summed E-state index contributed by atoms with van der Waals surface area (Å²) in [6.45, 7) is 1.69. The fourth-order valence-corrected chi connectivity index (χ4v) is 4.12. The highest BCUT2D eigenvalue weighted by Gasteiger charge is 2.53. The standard InChI is InChI=1S/C16H17N3O4S/c1-8-7-24-15-11(14(21)19(15)12(8)16(22)23)18-13(20)10(17)9-5-3-2-4-6-9/h2-6,10-11,15H,7,17H2,1H3,(H,18,20)(H,22,23)/t10?,11-,15-/m0/s1. The monoisotopic (exact) mass is 347 g/mol. The van der Waals surface area contributed by atoms with Crippen molar-refractivity contribution in [3.63, 3.8) is 0 Å². The van der Waals surface area contributed by atoms with Crippen molar-refractivity contribution < 1.29 is 19.5 Å².